The first-order valence-electron chi connectivity index (χ1n) is 9.46. The standard InChI is InChI=1S/C21H19N7O2/c1-28-16(11-12-22-28)20-26-27-21(30-20)25-18-19(29)23-15-10-6-5-9-14(15)17(24-18)13-7-3-2-4-8-13/h2-12,18,20,26H,1H3,(H,23,29)(H,25,27). The highest BCUT2D eigenvalue weighted by atomic mass is 16.5. The van der Waals surface area contributed by atoms with Gasteiger partial charge >= 0.3 is 6.02 Å². The van der Waals surface area contributed by atoms with Gasteiger partial charge in [0.1, 0.15) is 0 Å². The average molecular weight is 401 g/mol. The second-order valence-corrected chi connectivity index (χ2v) is 6.83. The van der Waals surface area contributed by atoms with Crippen LogP contribution in [0, 0.1) is 0 Å². The van der Waals surface area contributed by atoms with E-state index in [0.717, 1.165) is 16.8 Å². The molecule has 5 rings (SSSR count). The molecule has 9 heteroatoms. The van der Waals surface area contributed by atoms with Crippen LogP contribution in [0.15, 0.2) is 76.8 Å². The number of nitrogens with zero attached hydrogens (tertiary/aromatic N) is 4. The summed E-state index contributed by atoms with van der Waals surface area (Å²) in [5, 5.41) is 7.05. The summed E-state index contributed by atoms with van der Waals surface area (Å²) in [5.74, 6) is -0.338. The number of aliphatic imine (C=N–C) groups is 2. The normalized spacial score (nSPS) is 21.8. The van der Waals surface area contributed by atoms with Crippen molar-refractivity contribution in [2.75, 3.05) is 5.32 Å². The smallest absolute Gasteiger partial charge is 0.304 e. The molecule has 1 fully saturated rings. The van der Waals surface area contributed by atoms with Crippen LogP contribution in [0.2, 0.25) is 0 Å². The molecule has 3 N–H and O–H groups in total. The van der Waals surface area contributed by atoms with Crippen molar-refractivity contribution in [3.8, 4) is 0 Å². The van der Waals surface area contributed by atoms with E-state index in [9.17, 15) is 4.79 Å². The highest BCUT2D eigenvalue weighted by molar-refractivity contribution is 6.19. The van der Waals surface area contributed by atoms with E-state index in [2.05, 4.69) is 31.3 Å². The van der Waals surface area contributed by atoms with Gasteiger partial charge in [-0.05, 0) is 12.1 Å². The molecular weight excluding hydrogens is 382 g/mol. The quantitative estimate of drug-likeness (QED) is 0.620. The van der Waals surface area contributed by atoms with Crippen molar-refractivity contribution in [2.24, 2.45) is 17.0 Å². The monoisotopic (exact) mass is 401 g/mol. The van der Waals surface area contributed by atoms with Crippen molar-refractivity contribution in [1.29, 1.82) is 0 Å². The molecule has 0 radical (unpaired) electrons. The number of aromatic nitrogens is 2. The second kappa shape index (κ2) is 7.45. The van der Waals surface area contributed by atoms with E-state index in [1.807, 2.05) is 67.7 Å². The van der Waals surface area contributed by atoms with Crippen molar-refractivity contribution in [3.63, 3.8) is 0 Å². The van der Waals surface area contributed by atoms with E-state index in [0.29, 0.717) is 11.4 Å². The third kappa shape index (κ3) is 3.31. The number of carbonyl (C=O) groups excluding carboxylic acids is 1. The first kappa shape index (κ1) is 18.1. The Labute approximate surface area is 172 Å². The highest BCUT2D eigenvalue weighted by Crippen LogP contribution is 2.25. The van der Waals surface area contributed by atoms with Crippen molar-refractivity contribution >= 4 is 23.3 Å². The summed E-state index contributed by atoms with van der Waals surface area (Å²) >= 11 is 0. The average Bonchev–Trinajstić information content (AvgIpc) is 3.37. The van der Waals surface area contributed by atoms with Gasteiger partial charge in [-0.15, -0.1) is 0 Å². The molecule has 2 atom stereocenters. The Morgan fingerprint density at radius 1 is 1.07 bits per heavy atom. The predicted octanol–water partition coefficient (Wildman–Crippen LogP) is 1.71. The molecule has 3 heterocycles. The van der Waals surface area contributed by atoms with Crippen LogP contribution in [-0.4, -0.2) is 33.6 Å². The highest BCUT2D eigenvalue weighted by Gasteiger charge is 2.29. The van der Waals surface area contributed by atoms with Crippen molar-refractivity contribution in [1.82, 2.24) is 20.6 Å². The van der Waals surface area contributed by atoms with Crippen molar-refractivity contribution in [2.45, 2.75) is 12.4 Å². The number of carbonyl (C=O) groups is 1. The molecule has 9 nitrogen and oxygen atoms in total. The van der Waals surface area contributed by atoms with Crippen molar-refractivity contribution in [3.05, 3.63) is 83.7 Å². The van der Waals surface area contributed by atoms with Crippen LogP contribution >= 0.6 is 0 Å². The van der Waals surface area contributed by atoms with Crippen LogP contribution in [0.3, 0.4) is 0 Å². The van der Waals surface area contributed by atoms with Gasteiger partial charge in [0.05, 0.1) is 17.1 Å². The number of hydrogen-bond donors (Lipinski definition) is 3. The summed E-state index contributed by atoms with van der Waals surface area (Å²) in [7, 11) is 1.82. The Balaban J connectivity index is 1.50. The van der Waals surface area contributed by atoms with E-state index in [1.165, 1.54) is 0 Å². The minimum Gasteiger partial charge on any atom is -0.437 e. The molecule has 3 aromatic rings. The lowest BCUT2D eigenvalue weighted by Gasteiger charge is -2.09. The molecule has 0 bridgehead atoms. The fourth-order valence-electron chi connectivity index (χ4n) is 3.41. The molecule has 0 saturated carbocycles. The number of fused-ring (bicyclic) bond motifs is 1. The zero-order valence-corrected chi connectivity index (χ0v) is 16.1. The van der Waals surface area contributed by atoms with Gasteiger partial charge in [-0.25, -0.2) is 4.99 Å². The van der Waals surface area contributed by atoms with Crippen LogP contribution in [0.25, 0.3) is 0 Å². The zero-order valence-electron chi connectivity index (χ0n) is 16.1. The number of para-hydroxylation sites is 1. The lowest BCUT2D eigenvalue weighted by Crippen LogP contribution is -2.31. The fourth-order valence-corrected chi connectivity index (χ4v) is 3.41. The number of amides is 1. The molecule has 1 aromatic heterocycles. The number of nitrogens with one attached hydrogen (secondary N) is 3. The lowest BCUT2D eigenvalue weighted by atomic mass is 10.0. The van der Waals surface area contributed by atoms with Crippen LogP contribution in [-0.2, 0) is 16.6 Å². The van der Waals surface area contributed by atoms with E-state index in [1.54, 1.807) is 10.9 Å². The van der Waals surface area contributed by atoms with Crippen molar-refractivity contribution < 1.29 is 9.53 Å². The Hall–Kier alpha value is -3.98. The maximum atomic E-state index is 12.9. The minimum absolute atomic E-state index is 0.184. The maximum absolute atomic E-state index is 12.9. The summed E-state index contributed by atoms with van der Waals surface area (Å²) in [6, 6.07) is 19.3. The molecule has 1 saturated heterocycles. The molecule has 150 valence electrons. The number of ether oxygens (including phenoxy) is 1. The molecular formula is C21H19N7O2. The zero-order chi connectivity index (χ0) is 20.5. The second-order valence-electron chi connectivity index (χ2n) is 6.83. The number of hydrogen-bond acceptors (Lipinski definition) is 6. The molecule has 2 aromatic carbocycles. The summed E-state index contributed by atoms with van der Waals surface area (Å²) in [4.78, 5) is 22.0. The molecule has 1 amide bonds. The van der Waals surface area contributed by atoms with E-state index < -0.39 is 12.4 Å². The SMILES string of the molecule is Cn1nccc1C1NN/C(=N\C2N=C(c3ccccc3)c3ccccc3NC2=O)O1. The lowest BCUT2D eigenvalue weighted by molar-refractivity contribution is -0.117. The Morgan fingerprint density at radius 2 is 1.87 bits per heavy atom. The Kier molecular flexibility index (Phi) is 4.49. The van der Waals surface area contributed by atoms with E-state index in [4.69, 9.17) is 4.74 Å². The summed E-state index contributed by atoms with van der Waals surface area (Å²) in [5.41, 5.74) is 9.80. The number of anilines is 1. The molecule has 2 aliphatic heterocycles. The number of benzene rings is 2. The fraction of sp³-hybridized carbons (Fsp3) is 0.143. The van der Waals surface area contributed by atoms with E-state index in [-0.39, 0.29) is 11.9 Å². The van der Waals surface area contributed by atoms with Gasteiger partial charge in [-0.2, -0.15) is 15.5 Å². The first-order chi connectivity index (χ1) is 14.7. The van der Waals surface area contributed by atoms with Gasteiger partial charge in [-0.1, -0.05) is 48.5 Å². The molecule has 0 aliphatic carbocycles. The Bertz CT molecular complexity index is 1150. The van der Waals surface area contributed by atoms with Gasteiger partial charge in [-0.3, -0.25) is 14.9 Å². The summed E-state index contributed by atoms with van der Waals surface area (Å²) in [6.07, 6.45) is 0.198. The third-order valence-electron chi connectivity index (χ3n) is 4.88. The summed E-state index contributed by atoms with van der Waals surface area (Å²) < 4.78 is 7.51. The largest absolute Gasteiger partial charge is 0.437 e. The molecule has 2 aliphatic rings. The van der Waals surface area contributed by atoms with Crippen LogP contribution in [0.5, 0.6) is 0 Å². The summed E-state index contributed by atoms with van der Waals surface area (Å²) in [6.45, 7) is 0. The van der Waals surface area contributed by atoms with Crippen LogP contribution in [0.4, 0.5) is 5.69 Å². The van der Waals surface area contributed by atoms with Gasteiger partial charge in [0.15, 0.2) is 0 Å². The van der Waals surface area contributed by atoms with Gasteiger partial charge in [0.25, 0.3) is 5.91 Å². The number of aryl methyl sites for hydroxylation is 1. The first-order valence-corrected chi connectivity index (χ1v) is 9.46. The van der Waals surface area contributed by atoms with Crippen LogP contribution < -0.4 is 16.2 Å². The predicted molar refractivity (Wildman–Crippen MR) is 112 cm³/mol. The number of rotatable bonds is 3. The maximum Gasteiger partial charge on any atom is 0.304 e. The molecule has 30 heavy (non-hydrogen) atoms. The molecule has 2 unspecified atom stereocenters. The Morgan fingerprint density at radius 3 is 2.67 bits per heavy atom. The van der Waals surface area contributed by atoms with Gasteiger partial charge in [0.2, 0.25) is 12.4 Å². The number of amidine groups is 1. The number of benzodiazepines with no additional fused rings is 1. The molecule has 0 spiro atoms. The van der Waals surface area contributed by atoms with E-state index >= 15 is 0 Å². The topological polar surface area (TPSA) is 105 Å². The van der Waals surface area contributed by atoms with Crippen LogP contribution in [0.1, 0.15) is 23.0 Å². The van der Waals surface area contributed by atoms with Gasteiger partial charge in [0, 0.05) is 24.4 Å². The third-order valence-corrected chi connectivity index (χ3v) is 4.88. The number of hydrazine groups is 1. The minimum atomic E-state index is -1.01. The van der Waals surface area contributed by atoms with Gasteiger partial charge < -0.3 is 10.1 Å².